The van der Waals surface area contributed by atoms with E-state index in [4.69, 9.17) is 9.73 Å². The van der Waals surface area contributed by atoms with E-state index in [1.165, 1.54) is 11.1 Å². The summed E-state index contributed by atoms with van der Waals surface area (Å²) in [5.41, 5.74) is 2.60. The molecule has 1 fully saturated rings. The van der Waals surface area contributed by atoms with E-state index in [1.807, 2.05) is 20.8 Å². The van der Waals surface area contributed by atoms with Gasteiger partial charge in [0.15, 0.2) is 5.96 Å². The molecule has 0 aliphatic carbocycles. The minimum atomic E-state index is -3.28. The van der Waals surface area contributed by atoms with Gasteiger partial charge in [-0.2, -0.15) is 4.31 Å². The topological polar surface area (TPSA) is 74.2 Å². The van der Waals surface area contributed by atoms with E-state index >= 15 is 0 Å². The molecule has 1 aliphatic rings. The number of aryl methyl sites for hydroxylation is 1. The first-order valence-corrected chi connectivity index (χ1v) is 12.1. The Morgan fingerprint density at radius 2 is 1.90 bits per heavy atom. The van der Waals surface area contributed by atoms with Gasteiger partial charge in [-0.3, -0.25) is 4.99 Å². The molecule has 0 saturated carbocycles. The van der Waals surface area contributed by atoms with E-state index in [0.29, 0.717) is 32.7 Å². The highest BCUT2D eigenvalue weighted by atomic mass is 32.2. The molecule has 8 heteroatoms. The van der Waals surface area contributed by atoms with Gasteiger partial charge in [-0.15, -0.1) is 0 Å². The van der Waals surface area contributed by atoms with E-state index in [1.54, 1.807) is 4.31 Å². The first-order valence-electron chi connectivity index (χ1n) is 10.5. The van der Waals surface area contributed by atoms with Crippen LogP contribution in [0.15, 0.2) is 29.3 Å². The van der Waals surface area contributed by atoms with Crippen LogP contribution in [0, 0.1) is 6.92 Å². The molecule has 29 heavy (non-hydrogen) atoms. The molecule has 1 aliphatic heterocycles. The van der Waals surface area contributed by atoms with Crippen molar-refractivity contribution in [2.24, 2.45) is 4.99 Å². The van der Waals surface area contributed by atoms with Gasteiger partial charge in [-0.05, 0) is 45.2 Å². The average Bonchev–Trinajstić information content (AvgIpc) is 2.68. The highest BCUT2D eigenvalue weighted by molar-refractivity contribution is 7.89. The van der Waals surface area contributed by atoms with Crippen LogP contribution >= 0.6 is 0 Å². The average molecular weight is 425 g/mol. The summed E-state index contributed by atoms with van der Waals surface area (Å²) in [4.78, 5) is 6.92. The molecule has 1 aromatic rings. The van der Waals surface area contributed by atoms with E-state index in [2.05, 4.69) is 41.4 Å². The monoisotopic (exact) mass is 424 g/mol. The zero-order valence-corrected chi connectivity index (χ0v) is 19.0. The lowest BCUT2D eigenvalue weighted by Gasteiger charge is -2.36. The van der Waals surface area contributed by atoms with Gasteiger partial charge in [0.1, 0.15) is 0 Å². The molecule has 1 saturated heterocycles. The summed E-state index contributed by atoms with van der Waals surface area (Å²) in [5, 5.41) is 3.34. The van der Waals surface area contributed by atoms with Crippen molar-refractivity contribution >= 4 is 16.0 Å². The van der Waals surface area contributed by atoms with Gasteiger partial charge in [0.25, 0.3) is 0 Å². The Hall–Kier alpha value is -1.64. The van der Waals surface area contributed by atoms with Crippen LogP contribution in [-0.4, -0.2) is 81.3 Å². The predicted octanol–water partition coefficient (Wildman–Crippen LogP) is 1.88. The first-order chi connectivity index (χ1) is 13.8. The Bertz CT molecular complexity index is 757. The molecule has 0 aromatic heterocycles. The number of benzene rings is 1. The Morgan fingerprint density at radius 1 is 1.21 bits per heavy atom. The highest BCUT2D eigenvalue weighted by Crippen LogP contribution is 2.10. The molecule has 0 unspecified atom stereocenters. The fourth-order valence-corrected chi connectivity index (χ4v) is 4.58. The quantitative estimate of drug-likeness (QED) is 0.484. The van der Waals surface area contributed by atoms with Crippen LogP contribution in [0.1, 0.15) is 31.9 Å². The summed E-state index contributed by atoms with van der Waals surface area (Å²) in [7, 11) is -3.28. The Balaban J connectivity index is 1.89. The second kappa shape index (κ2) is 11.5. The lowest BCUT2D eigenvalue weighted by molar-refractivity contribution is 0.0904. The molecule has 0 atom stereocenters. The van der Waals surface area contributed by atoms with Crippen LogP contribution in [0.3, 0.4) is 0 Å². The van der Waals surface area contributed by atoms with E-state index in [9.17, 15) is 8.42 Å². The van der Waals surface area contributed by atoms with Gasteiger partial charge in [-0.25, -0.2) is 8.42 Å². The van der Waals surface area contributed by atoms with Crippen LogP contribution in [0.4, 0.5) is 0 Å². The smallest absolute Gasteiger partial charge is 0.216 e. The number of guanidine groups is 1. The Morgan fingerprint density at radius 3 is 2.52 bits per heavy atom. The standard InChI is InChI=1S/C21H36N4O3S/c1-5-22-21(23-11-10-20-9-7-6-8-19(20)4)24-12-14-25(15-13-24)29(26,27)17-16-28-18(2)3/h6-9,18H,5,10-17H2,1-4H3,(H,22,23). The van der Waals surface area contributed by atoms with Crippen molar-refractivity contribution in [2.75, 3.05) is 51.6 Å². The number of rotatable bonds is 9. The van der Waals surface area contributed by atoms with Crippen molar-refractivity contribution in [1.29, 1.82) is 0 Å². The summed E-state index contributed by atoms with van der Waals surface area (Å²) in [6.45, 7) is 12.0. The maximum atomic E-state index is 12.5. The summed E-state index contributed by atoms with van der Waals surface area (Å²) < 4.78 is 32.0. The van der Waals surface area contributed by atoms with E-state index in [-0.39, 0.29) is 18.5 Å². The van der Waals surface area contributed by atoms with Crippen molar-refractivity contribution in [3.63, 3.8) is 0 Å². The van der Waals surface area contributed by atoms with E-state index in [0.717, 1.165) is 18.9 Å². The molecule has 0 radical (unpaired) electrons. The predicted molar refractivity (Wildman–Crippen MR) is 119 cm³/mol. The van der Waals surface area contributed by atoms with Gasteiger partial charge in [-0.1, -0.05) is 24.3 Å². The minimum Gasteiger partial charge on any atom is -0.378 e. The van der Waals surface area contributed by atoms with Gasteiger partial charge in [0.2, 0.25) is 10.0 Å². The number of aliphatic imine (C=N–C) groups is 1. The Labute approximate surface area is 176 Å². The fraction of sp³-hybridized carbons (Fsp3) is 0.667. The zero-order valence-electron chi connectivity index (χ0n) is 18.2. The molecule has 0 spiro atoms. The molecular formula is C21H36N4O3S. The zero-order chi connectivity index (χ0) is 21.3. The van der Waals surface area contributed by atoms with Crippen LogP contribution in [0.2, 0.25) is 0 Å². The number of nitrogens with one attached hydrogen (secondary N) is 1. The maximum Gasteiger partial charge on any atom is 0.216 e. The third kappa shape index (κ3) is 7.60. The number of sulfonamides is 1. The molecule has 164 valence electrons. The SMILES string of the molecule is CCNC(=NCCc1ccccc1C)N1CCN(S(=O)(=O)CCOC(C)C)CC1. The van der Waals surface area contributed by atoms with Crippen molar-refractivity contribution in [2.45, 2.75) is 40.2 Å². The second-order valence-corrected chi connectivity index (χ2v) is 9.62. The van der Waals surface area contributed by atoms with Gasteiger partial charge in [0, 0.05) is 39.3 Å². The van der Waals surface area contributed by atoms with Crippen LogP contribution in [-0.2, 0) is 21.2 Å². The molecule has 1 heterocycles. The molecule has 1 N–H and O–H groups in total. The molecular weight excluding hydrogens is 388 g/mol. The lowest BCUT2D eigenvalue weighted by Crippen LogP contribution is -2.54. The minimum absolute atomic E-state index is 0.0375. The normalized spacial score (nSPS) is 16.4. The fourth-order valence-electron chi connectivity index (χ4n) is 3.29. The lowest BCUT2D eigenvalue weighted by atomic mass is 10.1. The van der Waals surface area contributed by atoms with Crippen molar-refractivity contribution in [3.8, 4) is 0 Å². The third-order valence-corrected chi connectivity index (χ3v) is 6.80. The van der Waals surface area contributed by atoms with Crippen LogP contribution in [0.5, 0.6) is 0 Å². The largest absolute Gasteiger partial charge is 0.378 e. The van der Waals surface area contributed by atoms with E-state index < -0.39 is 10.0 Å². The first kappa shape index (κ1) is 23.6. The molecule has 7 nitrogen and oxygen atoms in total. The second-order valence-electron chi connectivity index (χ2n) is 7.53. The third-order valence-electron chi connectivity index (χ3n) is 4.96. The van der Waals surface area contributed by atoms with Gasteiger partial charge < -0.3 is 15.0 Å². The van der Waals surface area contributed by atoms with Gasteiger partial charge >= 0.3 is 0 Å². The van der Waals surface area contributed by atoms with Crippen molar-refractivity contribution < 1.29 is 13.2 Å². The molecule has 1 aromatic carbocycles. The van der Waals surface area contributed by atoms with Crippen LogP contribution in [0.25, 0.3) is 0 Å². The summed E-state index contributed by atoms with van der Waals surface area (Å²) in [6.07, 6.45) is 0.937. The Kier molecular flexibility index (Phi) is 9.39. The number of hydrogen-bond donors (Lipinski definition) is 1. The number of hydrogen-bond acceptors (Lipinski definition) is 4. The number of ether oxygens (including phenoxy) is 1. The number of piperazine rings is 1. The van der Waals surface area contributed by atoms with Crippen LogP contribution < -0.4 is 5.32 Å². The molecule has 0 bridgehead atoms. The highest BCUT2D eigenvalue weighted by Gasteiger charge is 2.28. The van der Waals surface area contributed by atoms with Crippen molar-refractivity contribution in [3.05, 3.63) is 35.4 Å². The number of nitrogens with zero attached hydrogens (tertiary/aromatic N) is 3. The molecule has 2 rings (SSSR count). The maximum absolute atomic E-state index is 12.5. The van der Waals surface area contributed by atoms with Crippen molar-refractivity contribution in [1.82, 2.24) is 14.5 Å². The summed E-state index contributed by atoms with van der Waals surface area (Å²) in [5.74, 6) is 0.900. The summed E-state index contributed by atoms with van der Waals surface area (Å²) >= 11 is 0. The van der Waals surface area contributed by atoms with Gasteiger partial charge in [0.05, 0.1) is 18.5 Å². The summed E-state index contributed by atoms with van der Waals surface area (Å²) in [6, 6.07) is 8.37. The molecule has 0 amide bonds.